The first-order chi connectivity index (χ1) is 12.7. The van der Waals surface area contributed by atoms with E-state index in [2.05, 4.69) is 52.3 Å². The van der Waals surface area contributed by atoms with Gasteiger partial charge in [0.1, 0.15) is 5.39 Å². The molecule has 0 aliphatic carbocycles. The number of H-pyrrole nitrogens is 1. The summed E-state index contributed by atoms with van der Waals surface area (Å²) < 4.78 is 1.78. The Morgan fingerprint density at radius 1 is 1.30 bits per heavy atom. The van der Waals surface area contributed by atoms with Crippen LogP contribution in [0.1, 0.15) is 34.6 Å². The molecule has 2 aromatic heterocycles. The van der Waals surface area contributed by atoms with Crippen LogP contribution in [0.4, 0.5) is 5.95 Å². The van der Waals surface area contributed by atoms with Crippen LogP contribution in [-0.4, -0.2) is 50.3 Å². The van der Waals surface area contributed by atoms with Gasteiger partial charge in [-0.15, -0.1) is 13.2 Å². The molecule has 2 rings (SSSR count). The van der Waals surface area contributed by atoms with Crippen molar-refractivity contribution < 1.29 is 0 Å². The second-order valence-corrected chi connectivity index (χ2v) is 8.10. The number of rotatable bonds is 9. The van der Waals surface area contributed by atoms with Gasteiger partial charge in [-0.2, -0.15) is 10.1 Å². The maximum Gasteiger partial charge on any atom is 0.263 e. The summed E-state index contributed by atoms with van der Waals surface area (Å²) in [6.07, 6.45) is 5.36. The van der Waals surface area contributed by atoms with E-state index >= 15 is 0 Å². The molecule has 2 aromatic rings. The summed E-state index contributed by atoms with van der Waals surface area (Å²) in [6, 6.07) is 0.245. The fourth-order valence-electron chi connectivity index (χ4n) is 3.16. The van der Waals surface area contributed by atoms with E-state index in [1.165, 1.54) is 0 Å². The van der Waals surface area contributed by atoms with Crippen LogP contribution in [0.15, 0.2) is 36.3 Å². The fourth-order valence-corrected chi connectivity index (χ4v) is 3.16. The van der Waals surface area contributed by atoms with Crippen LogP contribution in [0.25, 0.3) is 11.0 Å². The van der Waals surface area contributed by atoms with Crippen molar-refractivity contribution in [2.75, 3.05) is 25.0 Å². The van der Waals surface area contributed by atoms with E-state index in [0.29, 0.717) is 29.4 Å². The van der Waals surface area contributed by atoms with Gasteiger partial charge in [0.05, 0.1) is 11.7 Å². The fraction of sp³-hybridized carbons (Fsp3) is 0.550. The smallest absolute Gasteiger partial charge is 0.263 e. The van der Waals surface area contributed by atoms with Gasteiger partial charge in [-0.05, 0) is 26.7 Å². The molecule has 0 amide bonds. The molecule has 2 N–H and O–H groups in total. The zero-order valence-electron chi connectivity index (χ0n) is 17.1. The quantitative estimate of drug-likeness (QED) is 0.662. The maximum atomic E-state index is 12.4. The topological polar surface area (TPSA) is 78.8 Å². The van der Waals surface area contributed by atoms with Gasteiger partial charge in [0.25, 0.3) is 5.56 Å². The lowest BCUT2D eigenvalue weighted by Crippen LogP contribution is -2.44. The molecule has 0 saturated heterocycles. The van der Waals surface area contributed by atoms with E-state index in [0.717, 1.165) is 13.1 Å². The highest BCUT2D eigenvalue weighted by molar-refractivity contribution is 5.74. The molecule has 0 aliphatic heterocycles. The molecule has 2 heterocycles. The molecule has 7 nitrogen and oxygen atoms in total. The minimum atomic E-state index is -0.259. The zero-order chi connectivity index (χ0) is 20.2. The summed E-state index contributed by atoms with van der Waals surface area (Å²) >= 11 is 0. The summed E-state index contributed by atoms with van der Waals surface area (Å²) in [5.74, 6) is 0.870. The minimum absolute atomic E-state index is 0.187. The number of nitrogens with one attached hydrogen (secondary N) is 2. The van der Waals surface area contributed by atoms with E-state index in [-0.39, 0.29) is 17.1 Å². The Morgan fingerprint density at radius 2 is 1.93 bits per heavy atom. The molecule has 27 heavy (non-hydrogen) atoms. The Kier molecular flexibility index (Phi) is 6.59. The first-order valence-corrected chi connectivity index (χ1v) is 9.37. The summed E-state index contributed by atoms with van der Waals surface area (Å²) in [5, 5.41) is 8.15. The molecule has 0 spiro atoms. The van der Waals surface area contributed by atoms with Gasteiger partial charge in [0.15, 0.2) is 5.65 Å². The summed E-state index contributed by atoms with van der Waals surface area (Å²) in [7, 11) is 0. The molecule has 1 atom stereocenters. The first-order valence-electron chi connectivity index (χ1n) is 9.37. The van der Waals surface area contributed by atoms with E-state index in [1.807, 2.05) is 32.9 Å². The van der Waals surface area contributed by atoms with Gasteiger partial charge in [-0.25, -0.2) is 4.68 Å². The monoisotopic (exact) mass is 372 g/mol. The van der Waals surface area contributed by atoms with Crippen LogP contribution in [0, 0.1) is 5.92 Å². The van der Waals surface area contributed by atoms with Crippen molar-refractivity contribution in [2.45, 2.75) is 46.2 Å². The first kappa shape index (κ1) is 20.9. The van der Waals surface area contributed by atoms with E-state index in [1.54, 1.807) is 10.9 Å². The lowest BCUT2D eigenvalue weighted by Gasteiger charge is -2.33. The third-order valence-corrected chi connectivity index (χ3v) is 4.52. The van der Waals surface area contributed by atoms with E-state index < -0.39 is 0 Å². The Hall–Kier alpha value is -2.41. The molecule has 148 valence electrons. The SMILES string of the molecule is C=CCN(CC=C)[C@H](CNc1nc2c(cnn2C(C)(C)C)c(=O)[nH]1)C(C)C. The van der Waals surface area contributed by atoms with Crippen LogP contribution < -0.4 is 10.9 Å². The number of nitrogens with zero attached hydrogens (tertiary/aromatic N) is 4. The number of aromatic amines is 1. The molecular weight excluding hydrogens is 340 g/mol. The molecule has 0 unspecified atom stereocenters. The van der Waals surface area contributed by atoms with Gasteiger partial charge in [0, 0.05) is 25.7 Å². The van der Waals surface area contributed by atoms with Crippen LogP contribution >= 0.6 is 0 Å². The van der Waals surface area contributed by atoms with Crippen LogP contribution in [-0.2, 0) is 5.54 Å². The van der Waals surface area contributed by atoms with Crippen molar-refractivity contribution in [1.29, 1.82) is 0 Å². The third-order valence-electron chi connectivity index (χ3n) is 4.52. The van der Waals surface area contributed by atoms with Crippen LogP contribution in [0.3, 0.4) is 0 Å². The predicted molar refractivity (Wildman–Crippen MR) is 112 cm³/mol. The van der Waals surface area contributed by atoms with Crippen molar-refractivity contribution in [2.24, 2.45) is 5.92 Å². The Morgan fingerprint density at radius 3 is 2.44 bits per heavy atom. The van der Waals surface area contributed by atoms with Gasteiger partial charge in [-0.1, -0.05) is 26.0 Å². The Balaban J connectivity index is 2.30. The summed E-state index contributed by atoms with van der Waals surface area (Å²) in [6.45, 7) is 20.4. The van der Waals surface area contributed by atoms with E-state index in [9.17, 15) is 4.79 Å². The highest BCUT2D eigenvalue weighted by atomic mass is 16.1. The second-order valence-electron chi connectivity index (χ2n) is 8.10. The van der Waals surface area contributed by atoms with Crippen molar-refractivity contribution in [1.82, 2.24) is 24.6 Å². The van der Waals surface area contributed by atoms with Crippen molar-refractivity contribution >= 4 is 17.0 Å². The lowest BCUT2D eigenvalue weighted by molar-refractivity contribution is 0.199. The van der Waals surface area contributed by atoms with Crippen LogP contribution in [0.2, 0.25) is 0 Å². The van der Waals surface area contributed by atoms with Crippen molar-refractivity contribution in [3.63, 3.8) is 0 Å². The minimum Gasteiger partial charge on any atom is -0.354 e. The van der Waals surface area contributed by atoms with Crippen molar-refractivity contribution in [3.05, 3.63) is 41.9 Å². The highest BCUT2D eigenvalue weighted by Gasteiger charge is 2.22. The van der Waals surface area contributed by atoms with E-state index in [4.69, 9.17) is 0 Å². The van der Waals surface area contributed by atoms with Crippen LogP contribution in [0.5, 0.6) is 0 Å². The number of fused-ring (bicyclic) bond motifs is 1. The Bertz CT molecular complexity index is 832. The highest BCUT2D eigenvalue weighted by Crippen LogP contribution is 2.19. The average Bonchev–Trinajstić information content (AvgIpc) is 3.00. The zero-order valence-corrected chi connectivity index (χ0v) is 17.1. The second kappa shape index (κ2) is 8.52. The predicted octanol–water partition coefficient (Wildman–Crippen LogP) is 2.99. The number of aromatic nitrogens is 4. The van der Waals surface area contributed by atoms with Gasteiger partial charge in [-0.3, -0.25) is 14.7 Å². The lowest BCUT2D eigenvalue weighted by atomic mass is 10.0. The molecular formula is C20H32N6O. The summed E-state index contributed by atoms with van der Waals surface area (Å²) in [5.41, 5.74) is 0.141. The summed E-state index contributed by atoms with van der Waals surface area (Å²) in [4.78, 5) is 22.2. The van der Waals surface area contributed by atoms with Gasteiger partial charge < -0.3 is 5.32 Å². The number of hydrogen-bond acceptors (Lipinski definition) is 5. The van der Waals surface area contributed by atoms with Gasteiger partial charge in [0.2, 0.25) is 5.95 Å². The standard InChI is InChI=1S/C20H32N6O/c1-8-10-25(11-9-2)16(14(3)4)13-21-19-23-17-15(18(27)24-19)12-22-26(17)20(5,6)7/h8-9,12,14,16H,1-2,10-11,13H2,3-7H3,(H2,21,23,24,27)/t16-/m1/s1. The average molecular weight is 373 g/mol. The molecule has 0 aromatic carbocycles. The number of anilines is 1. The molecule has 0 aliphatic rings. The molecule has 0 fully saturated rings. The Labute approximate surface area is 161 Å². The maximum absolute atomic E-state index is 12.4. The molecule has 7 heteroatoms. The molecule has 0 saturated carbocycles. The molecule has 0 bridgehead atoms. The molecule has 0 radical (unpaired) electrons. The largest absolute Gasteiger partial charge is 0.354 e. The number of hydrogen-bond donors (Lipinski definition) is 2. The third kappa shape index (κ3) is 4.86. The van der Waals surface area contributed by atoms with Crippen molar-refractivity contribution in [3.8, 4) is 0 Å². The normalized spacial score (nSPS) is 13.3. The van der Waals surface area contributed by atoms with Gasteiger partial charge >= 0.3 is 0 Å².